The molecule has 2 aromatic carbocycles. The molecular weight excluding hydrogens is 374 g/mol. The van der Waals surface area contributed by atoms with Crippen LogP contribution in [0.1, 0.15) is 22.3 Å². The molecule has 0 saturated heterocycles. The Kier molecular flexibility index (Phi) is 7.37. The number of hydrogen-bond acceptors (Lipinski definition) is 4. The number of ether oxygens (including phenoxy) is 1. The summed E-state index contributed by atoms with van der Waals surface area (Å²) in [5.41, 5.74) is 6.13. The molecule has 2 amide bonds. The monoisotopic (exact) mass is 391 g/mol. The number of halogens is 1. The molecule has 0 saturated carbocycles. The van der Waals surface area contributed by atoms with Crippen molar-refractivity contribution in [3.05, 3.63) is 64.7 Å². The number of hydrazine groups is 1. The Hall–Kier alpha value is -2.64. The summed E-state index contributed by atoms with van der Waals surface area (Å²) in [6.45, 7) is 0. The zero-order valence-corrected chi connectivity index (χ0v) is 15.6. The maximum Gasteiger partial charge on any atom is 0.273 e. The van der Waals surface area contributed by atoms with E-state index >= 15 is 0 Å². The highest BCUT2D eigenvalue weighted by atomic mass is 35.5. The number of nitrogens with one attached hydrogen (secondary N) is 3. The van der Waals surface area contributed by atoms with E-state index < -0.39 is 5.91 Å². The zero-order valence-electron chi connectivity index (χ0n) is 14.0. The van der Waals surface area contributed by atoms with Gasteiger partial charge in [-0.1, -0.05) is 41.9 Å². The van der Waals surface area contributed by atoms with Gasteiger partial charge in [-0.25, -0.2) is 0 Å². The number of methoxy groups -OCH3 is 1. The van der Waals surface area contributed by atoms with Gasteiger partial charge in [-0.15, -0.1) is 0 Å². The minimum Gasteiger partial charge on any atom is -0.496 e. The average Bonchev–Trinajstić information content (AvgIpc) is 2.65. The molecule has 0 radical (unpaired) electrons. The maximum atomic E-state index is 12.1. The fraction of sp³-hybridized carbons (Fsp3) is 0.167. The fourth-order valence-corrected chi connectivity index (χ4v) is 2.58. The Labute approximate surface area is 161 Å². The summed E-state index contributed by atoms with van der Waals surface area (Å²) in [5.74, 6) is -0.287. The number of aryl methyl sites for hydroxylation is 1. The van der Waals surface area contributed by atoms with Crippen molar-refractivity contribution in [2.75, 3.05) is 7.11 Å². The SMILES string of the molecule is COc1ccccc1C(=O)NNC(=S)NC(=O)CCc1ccccc1Cl. The van der Waals surface area contributed by atoms with Crippen molar-refractivity contribution in [2.45, 2.75) is 12.8 Å². The normalized spacial score (nSPS) is 9.92. The van der Waals surface area contributed by atoms with Gasteiger partial charge < -0.3 is 10.1 Å². The molecule has 0 atom stereocenters. The van der Waals surface area contributed by atoms with Crippen molar-refractivity contribution in [3.8, 4) is 5.75 Å². The minimum absolute atomic E-state index is 0.00240. The molecule has 0 aromatic heterocycles. The second-order valence-electron chi connectivity index (χ2n) is 5.25. The van der Waals surface area contributed by atoms with Crippen LogP contribution >= 0.6 is 23.8 Å². The minimum atomic E-state index is -0.435. The van der Waals surface area contributed by atoms with Gasteiger partial charge >= 0.3 is 0 Å². The van der Waals surface area contributed by atoms with Crippen LogP contribution in [0.25, 0.3) is 0 Å². The number of carbonyl (C=O) groups excluding carboxylic acids is 2. The maximum absolute atomic E-state index is 12.1. The van der Waals surface area contributed by atoms with Crippen molar-refractivity contribution >= 4 is 40.7 Å². The molecule has 6 nitrogen and oxygen atoms in total. The second-order valence-corrected chi connectivity index (χ2v) is 6.06. The average molecular weight is 392 g/mol. The summed E-state index contributed by atoms with van der Waals surface area (Å²) in [6, 6.07) is 14.1. The Balaban J connectivity index is 1.78. The van der Waals surface area contributed by atoms with Crippen molar-refractivity contribution in [2.24, 2.45) is 0 Å². The van der Waals surface area contributed by atoms with Gasteiger partial charge in [-0.2, -0.15) is 0 Å². The van der Waals surface area contributed by atoms with Crippen LogP contribution in [-0.4, -0.2) is 24.0 Å². The van der Waals surface area contributed by atoms with Crippen LogP contribution in [0.2, 0.25) is 5.02 Å². The molecule has 8 heteroatoms. The van der Waals surface area contributed by atoms with Gasteiger partial charge in [0, 0.05) is 11.4 Å². The standard InChI is InChI=1S/C18H18ClN3O3S/c1-25-15-9-5-3-7-13(15)17(24)21-22-18(26)20-16(23)11-10-12-6-2-4-8-14(12)19/h2-9H,10-11H2,1H3,(H,21,24)(H2,20,22,23,26). The van der Waals surface area contributed by atoms with Crippen molar-refractivity contribution in [1.29, 1.82) is 0 Å². The number of thiocarbonyl (C=S) groups is 1. The zero-order chi connectivity index (χ0) is 18.9. The lowest BCUT2D eigenvalue weighted by molar-refractivity contribution is -0.119. The van der Waals surface area contributed by atoms with Crippen LogP contribution in [-0.2, 0) is 11.2 Å². The molecule has 0 aliphatic heterocycles. The third-order valence-corrected chi connectivity index (χ3v) is 4.05. The lowest BCUT2D eigenvalue weighted by Gasteiger charge is -2.12. The van der Waals surface area contributed by atoms with Crippen molar-refractivity contribution in [3.63, 3.8) is 0 Å². The molecule has 0 spiro atoms. The number of amides is 2. The Bertz CT molecular complexity index is 814. The van der Waals surface area contributed by atoms with Crippen LogP contribution in [0, 0.1) is 0 Å². The number of carbonyl (C=O) groups is 2. The Morgan fingerprint density at radius 1 is 1.08 bits per heavy atom. The molecule has 136 valence electrons. The molecule has 3 N–H and O–H groups in total. The van der Waals surface area contributed by atoms with E-state index in [-0.39, 0.29) is 17.4 Å². The van der Waals surface area contributed by atoms with Gasteiger partial charge in [0.15, 0.2) is 5.11 Å². The highest BCUT2D eigenvalue weighted by molar-refractivity contribution is 7.80. The summed E-state index contributed by atoms with van der Waals surface area (Å²) in [6.07, 6.45) is 0.702. The first-order valence-corrected chi connectivity index (χ1v) is 8.56. The first kappa shape index (κ1) is 19.7. The van der Waals surface area contributed by atoms with E-state index in [4.69, 9.17) is 28.6 Å². The molecule has 2 rings (SSSR count). The third kappa shape index (κ3) is 5.72. The van der Waals surface area contributed by atoms with Crippen LogP contribution in [0.3, 0.4) is 0 Å². The van der Waals surface area contributed by atoms with Crippen LogP contribution in [0.5, 0.6) is 5.75 Å². The van der Waals surface area contributed by atoms with E-state index in [1.165, 1.54) is 7.11 Å². The molecule has 0 aliphatic rings. The summed E-state index contributed by atoms with van der Waals surface area (Å²) < 4.78 is 5.12. The molecule has 2 aromatic rings. The summed E-state index contributed by atoms with van der Waals surface area (Å²) in [5, 5.41) is 3.11. The largest absolute Gasteiger partial charge is 0.496 e. The quantitative estimate of drug-likeness (QED) is 0.539. The third-order valence-electron chi connectivity index (χ3n) is 3.47. The van der Waals surface area contributed by atoms with E-state index in [2.05, 4.69) is 16.2 Å². The van der Waals surface area contributed by atoms with E-state index in [9.17, 15) is 9.59 Å². The van der Waals surface area contributed by atoms with Gasteiger partial charge in [0.05, 0.1) is 12.7 Å². The summed E-state index contributed by atoms with van der Waals surface area (Å²) in [4.78, 5) is 24.1. The van der Waals surface area contributed by atoms with E-state index in [1.54, 1.807) is 30.3 Å². The number of para-hydroxylation sites is 1. The van der Waals surface area contributed by atoms with Gasteiger partial charge in [0.25, 0.3) is 5.91 Å². The van der Waals surface area contributed by atoms with E-state index in [0.717, 1.165) is 5.56 Å². The molecule has 0 aliphatic carbocycles. The van der Waals surface area contributed by atoms with Crippen LogP contribution in [0.15, 0.2) is 48.5 Å². The fourth-order valence-electron chi connectivity index (χ4n) is 2.18. The Morgan fingerprint density at radius 3 is 2.50 bits per heavy atom. The summed E-state index contributed by atoms with van der Waals surface area (Å²) >= 11 is 11.1. The van der Waals surface area contributed by atoms with Gasteiger partial charge in [0.2, 0.25) is 5.91 Å². The number of benzene rings is 2. The molecule has 0 fully saturated rings. The Morgan fingerprint density at radius 2 is 1.77 bits per heavy atom. The molecule has 0 unspecified atom stereocenters. The van der Waals surface area contributed by atoms with Crippen molar-refractivity contribution in [1.82, 2.24) is 16.2 Å². The predicted octanol–water partition coefficient (Wildman–Crippen LogP) is 2.62. The lowest BCUT2D eigenvalue weighted by atomic mass is 10.1. The van der Waals surface area contributed by atoms with Gasteiger partial charge in [0.1, 0.15) is 5.75 Å². The molecule has 0 heterocycles. The van der Waals surface area contributed by atoms with Gasteiger partial charge in [-0.05, 0) is 42.4 Å². The first-order valence-electron chi connectivity index (χ1n) is 7.78. The predicted molar refractivity (Wildman–Crippen MR) is 104 cm³/mol. The number of rotatable bonds is 5. The smallest absolute Gasteiger partial charge is 0.273 e. The highest BCUT2D eigenvalue weighted by Gasteiger charge is 2.12. The molecular formula is C18H18ClN3O3S. The molecule has 26 heavy (non-hydrogen) atoms. The highest BCUT2D eigenvalue weighted by Crippen LogP contribution is 2.17. The second kappa shape index (κ2) is 9.74. The van der Waals surface area contributed by atoms with Crippen LogP contribution < -0.4 is 20.9 Å². The topological polar surface area (TPSA) is 79.5 Å². The lowest BCUT2D eigenvalue weighted by Crippen LogP contribution is -2.48. The first-order chi connectivity index (χ1) is 12.5. The van der Waals surface area contributed by atoms with E-state index in [1.807, 2.05) is 18.2 Å². The van der Waals surface area contributed by atoms with Crippen molar-refractivity contribution < 1.29 is 14.3 Å². The summed E-state index contributed by atoms with van der Waals surface area (Å²) in [7, 11) is 1.48. The van der Waals surface area contributed by atoms with E-state index in [0.29, 0.717) is 22.8 Å². The molecule has 0 bridgehead atoms. The van der Waals surface area contributed by atoms with Gasteiger partial charge in [-0.3, -0.25) is 20.4 Å². The number of hydrogen-bond donors (Lipinski definition) is 3. The van der Waals surface area contributed by atoms with Crippen LogP contribution in [0.4, 0.5) is 0 Å².